The Morgan fingerprint density at radius 3 is 2.35 bits per heavy atom. The first-order valence-corrected chi connectivity index (χ1v) is 6.77. The van der Waals surface area contributed by atoms with Crippen LogP contribution in [-0.4, -0.2) is 36.4 Å². The second-order valence-corrected chi connectivity index (χ2v) is 4.78. The predicted molar refractivity (Wildman–Crippen MR) is 67.2 cm³/mol. The number of carbonyl (C=O) groups is 1. The molecule has 0 aromatic heterocycles. The van der Waals surface area contributed by atoms with Gasteiger partial charge in [-0.05, 0) is 19.8 Å². The maximum absolute atomic E-state index is 11.5. The maximum Gasteiger partial charge on any atom is 0.323 e. The molecule has 17 heavy (non-hydrogen) atoms. The van der Waals surface area contributed by atoms with Crippen molar-refractivity contribution in [2.75, 3.05) is 19.8 Å². The number of ether oxygens (including phenoxy) is 1. The fraction of sp³-hybridized carbons (Fsp3) is 0.923. The third kappa shape index (κ3) is 4.64. The van der Waals surface area contributed by atoms with Gasteiger partial charge in [-0.3, -0.25) is 10.1 Å². The van der Waals surface area contributed by atoms with E-state index in [9.17, 15) is 9.90 Å². The molecule has 0 atom stereocenters. The molecular formula is C13H25NO3. The molecule has 0 heterocycles. The lowest BCUT2D eigenvalue weighted by molar-refractivity contribution is -0.146. The van der Waals surface area contributed by atoms with Crippen molar-refractivity contribution in [3.05, 3.63) is 0 Å². The molecule has 0 bridgehead atoms. The third-order valence-electron chi connectivity index (χ3n) is 3.53. The second-order valence-electron chi connectivity index (χ2n) is 4.78. The number of nitrogens with one attached hydrogen (secondary N) is 1. The lowest BCUT2D eigenvalue weighted by atomic mass is 9.84. The summed E-state index contributed by atoms with van der Waals surface area (Å²) in [4.78, 5) is 11.5. The quantitative estimate of drug-likeness (QED) is 0.702. The fourth-order valence-corrected chi connectivity index (χ4v) is 2.48. The molecule has 1 saturated carbocycles. The lowest BCUT2D eigenvalue weighted by Gasteiger charge is -2.32. The molecule has 0 aromatic carbocycles. The van der Waals surface area contributed by atoms with E-state index in [0.29, 0.717) is 19.8 Å². The first-order valence-electron chi connectivity index (χ1n) is 6.77. The van der Waals surface area contributed by atoms with E-state index in [1.165, 1.54) is 6.42 Å². The van der Waals surface area contributed by atoms with Crippen molar-refractivity contribution in [2.45, 2.75) is 57.4 Å². The predicted octanol–water partition coefficient (Wildman–Crippen LogP) is 2.18. The summed E-state index contributed by atoms with van der Waals surface area (Å²) < 4.78 is 5.25. The van der Waals surface area contributed by atoms with Crippen molar-refractivity contribution >= 4 is 5.97 Å². The van der Waals surface area contributed by atoms with Crippen LogP contribution in [0.15, 0.2) is 0 Å². The van der Waals surface area contributed by atoms with Gasteiger partial charge in [-0.25, -0.2) is 0 Å². The third-order valence-corrected chi connectivity index (χ3v) is 3.53. The van der Waals surface area contributed by atoms with Gasteiger partial charge in [-0.1, -0.05) is 32.1 Å². The molecule has 0 aromatic rings. The number of hydrogen-bond donors (Lipinski definition) is 2. The molecule has 0 amide bonds. The Hall–Kier alpha value is -0.610. The zero-order valence-electron chi connectivity index (χ0n) is 10.8. The maximum atomic E-state index is 11.5. The van der Waals surface area contributed by atoms with E-state index in [0.717, 1.165) is 38.5 Å². The summed E-state index contributed by atoms with van der Waals surface area (Å²) in [5, 5.41) is 12.7. The van der Waals surface area contributed by atoms with Gasteiger partial charge < -0.3 is 9.84 Å². The van der Waals surface area contributed by atoms with Crippen LogP contribution in [0.5, 0.6) is 0 Å². The molecule has 0 saturated heterocycles. The SMILES string of the molecule is CCOCCNC1(C(=O)O)CCCCCCC1. The van der Waals surface area contributed by atoms with Crippen LogP contribution in [0.25, 0.3) is 0 Å². The Morgan fingerprint density at radius 1 is 1.24 bits per heavy atom. The van der Waals surface area contributed by atoms with Gasteiger partial charge in [0, 0.05) is 13.2 Å². The van der Waals surface area contributed by atoms with E-state index in [1.54, 1.807) is 0 Å². The van der Waals surface area contributed by atoms with E-state index >= 15 is 0 Å². The van der Waals surface area contributed by atoms with Crippen molar-refractivity contribution in [1.82, 2.24) is 5.32 Å². The Bertz CT molecular complexity index is 223. The van der Waals surface area contributed by atoms with Gasteiger partial charge in [0.2, 0.25) is 0 Å². The van der Waals surface area contributed by atoms with E-state index in [4.69, 9.17) is 4.74 Å². The standard InChI is InChI=1S/C13H25NO3/c1-2-17-11-10-14-13(12(15)16)8-6-4-3-5-7-9-13/h14H,2-11H2,1H3,(H,15,16). The minimum atomic E-state index is -0.711. The summed E-state index contributed by atoms with van der Waals surface area (Å²) in [5.41, 5.74) is -0.711. The average Bonchev–Trinajstić information content (AvgIpc) is 2.26. The average molecular weight is 243 g/mol. The lowest BCUT2D eigenvalue weighted by Crippen LogP contribution is -2.53. The largest absolute Gasteiger partial charge is 0.480 e. The zero-order chi connectivity index (χ0) is 12.6. The Labute approximate surface area is 104 Å². The van der Waals surface area contributed by atoms with E-state index in [2.05, 4.69) is 5.32 Å². The van der Waals surface area contributed by atoms with Crippen molar-refractivity contribution in [3.63, 3.8) is 0 Å². The summed E-state index contributed by atoms with van der Waals surface area (Å²) >= 11 is 0. The monoisotopic (exact) mass is 243 g/mol. The van der Waals surface area contributed by atoms with Crippen molar-refractivity contribution < 1.29 is 14.6 Å². The molecule has 0 aliphatic heterocycles. The first-order chi connectivity index (χ1) is 8.21. The molecule has 100 valence electrons. The molecule has 0 unspecified atom stereocenters. The van der Waals surface area contributed by atoms with E-state index < -0.39 is 11.5 Å². The van der Waals surface area contributed by atoms with Crippen molar-refractivity contribution in [2.24, 2.45) is 0 Å². The molecule has 0 spiro atoms. The van der Waals surface area contributed by atoms with Gasteiger partial charge in [-0.2, -0.15) is 0 Å². The number of carboxylic acid groups (broad SMARTS) is 1. The van der Waals surface area contributed by atoms with Crippen molar-refractivity contribution in [1.29, 1.82) is 0 Å². The van der Waals surface area contributed by atoms with Crippen LogP contribution in [0.1, 0.15) is 51.9 Å². The highest BCUT2D eigenvalue weighted by Gasteiger charge is 2.37. The van der Waals surface area contributed by atoms with Crippen LogP contribution in [0, 0.1) is 0 Å². The van der Waals surface area contributed by atoms with Crippen LogP contribution in [0.4, 0.5) is 0 Å². The minimum Gasteiger partial charge on any atom is -0.480 e. The second kappa shape index (κ2) is 7.67. The van der Waals surface area contributed by atoms with Crippen LogP contribution in [0.3, 0.4) is 0 Å². The van der Waals surface area contributed by atoms with Crippen LogP contribution >= 0.6 is 0 Å². The topological polar surface area (TPSA) is 58.6 Å². The number of rotatable bonds is 6. The Balaban J connectivity index is 2.49. The Kier molecular flexibility index (Phi) is 6.52. The van der Waals surface area contributed by atoms with Gasteiger partial charge in [0.05, 0.1) is 6.61 Å². The van der Waals surface area contributed by atoms with Crippen LogP contribution in [-0.2, 0) is 9.53 Å². The summed E-state index contributed by atoms with van der Waals surface area (Å²) in [5.74, 6) is -0.698. The number of aliphatic carboxylic acids is 1. The van der Waals surface area contributed by atoms with Crippen molar-refractivity contribution in [3.8, 4) is 0 Å². The molecule has 1 rings (SSSR count). The summed E-state index contributed by atoms with van der Waals surface area (Å²) in [6.45, 7) is 3.84. The molecule has 1 aliphatic rings. The normalized spacial score (nSPS) is 20.5. The molecule has 0 radical (unpaired) electrons. The highest BCUT2D eigenvalue weighted by atomic mass is 16.5. The van der Waals surface area contributed by atoms with E-state index in [-0.39, 0.29) is 0 Å². The first kappa shape index (κ1) is 14.5. The number of carboxylic acids is 1. The minimum absolute atomic E-state index is 0.589. The summed E-state index contributed by atoms with van der Waals surface area (Å²) in [7, 11) is 0. The summed E-state index contributed by atoms with van der Waals surface area (Å²) in [6, 6.07) is 0. The molecule has 4 heteroatoms. The van der Waals surface area contributed by atoms with Gasteiger partial charge in [0.25, 0.3) is 0 Å². The number of hydrogen-bond acceptors (Lipinski definition) is 3. The fourth-order valence-electron chi connectivity index (χ4n) is 2.48. The highest BCUT2D eigenvalue weighted by Crippen LogP contribution is 2.26. The van der Waals surface area contributed by atoms with E-state index in [1.807, 2.05) is 6.92 Å². The smallest absolute Gasteiger partial charge is 0.323 e. The van der Waals surface area contributed by atoms with Gasteiger partial charge >= 0.3 is 5.97 Å². The molecule has 4 nitrogen and oxygen atoms in total. The highest BCUT2D eigenvalue weighted by molar-refractivity contribution is 5.78. The molecule has 1 fully saturated rings. The summed E-state index contributed by atoms with van der Waals surface area (Å²) in [6.07, 6.45) is 7.06. The Morgan fingerprint density at radius 2 is 1.82 bits per heavy atom. The zero-order valence-corrected chi connectivity index (χ0v) is 10.8. The van der Waals surface area contributed by atoms with Gasteiger partial charge in [-0.15, -0.1) is 0 Å². The van der Waals surface area contributed by atoms with Gasteiger partial charge in [0.1, 0.15) is 5.54 Å². The van der Waals surface area contributed by atoms with Gasteiger partial charge in [0.15, 0.2) is 0 Å². The molecule has 1 aliphatic carbocycles. The molecular weight excluding hydrogens is 218 g/mol. The van der Waals surface area contributed by atoms with Crippen LogP contribution < -0.4 is 5.32 Å². The van der Waals surface area contributed by atoms with Crippen LogP contribution in [0.2, 0.25) is 0 Å². The molecule has 2 N–H and O–H groups in total.